The van der Waals surface area contributed by atoms with Crippen LogP contribution in [-0.4, -0.2) is 24.5 Å². The zero-order valence-electron chi connectivity index (χ0n) is 22.4. The Hall–Kier alpha value is -4.84. The Morgan fingerprint density at radius 1 is 0.825 bits per heavy atom. The minimum atomic E-state index is -0.595. The van der Waals surface area contributed by atoms with Gasteiger partial charge in [0.05, 0.1) is 24.1 Å². The Labute approximate surface area is 232 Å². The molecule has 6 heteroatoms. The number of fused-ring (bicyclic) bond motifs is 2. The second-order valence-corrected chi connectivity index (χ2v) is 10.0. The highest BCUT2D eigenvalue weighted by atomic mass is 16.5. The van der Waals surface area contributed by atoms with Crippen LogP contribution in [-0.2, 0) is 13.0 Å². The van der Waals surface area contributed by atoms with Gasteiger partial charge in [-0.25, -0.2) is 0 Å². The van der Waals surface area contributed by atoms with Crippen LogP contribution in [0, 0.1) is 6.92 Å². The third kappa shape index (κ3) is 4.84. The van der Waals surface area contributed by atoms with Crippen molar-refractivity contribution in [2.24, 2.45) is 0 Å². The molecule has 40 heavy (non-hydrogen) atoms. The van der Waals surface area contributed by atoms with Gasteiger partial charge in [-0.2, -0.15) is 0 Å². The maximum atomic E-state index is 13.9. The summed E-state index contributed by atoms with van der Waals surface area (Å²) in [5.74, 6) is 1.26. The van der Waals surface area contributed by atoms with Crippen LogP contribution < -0.4 is 14.9 Å². The molecule has 4 aromatic carbocycles. The van der Waals surface area contributed by atoms with E-state index in [4.69, 9.17) is 13.9 Å². The molecule has 2 heterocycles. The Bertz CT molecular complexity index is 1740. The molecule has 0 saturated carbocycles. The normalized spacial score (nSPS) is 14.4. The number of amides is 1. The van der Waals surface area contributed by atoms with E-state index in [-0.39, 0.29) is 17.1 Å². The molecule has 0 radical (unpaired) electrons. The zero-order chi connectivity index (χ0) is 27.6. The maximum Gasteiger partial charge on any atom is 0.290 e. The number of ether oxygens (including phenoxy) is 2. The van der Waals surface area contributed by atoms with Crippen LogP contribution in [0.15, 0.2) is 106 Å². The number of hydrogen-bond donors (Lipinski definition) is 0. The molecule has 0 fully saturated rings. The number of carbonyl (C=O) groups is 1. The molecule has 0 N–H and O–H groups in total. The maximum absolute atomic E-state index is 13.9. The molecule has 0 spiro atoms. The number of rotatable bonds is 8. The number of hydrogen-bond acceptors (Lipinski definition) is 5. The van der Waals surface area contributed by atoms with E-state index < -0.39 is 6.04 Å². The Morgan fingerprint density at radius 2 is 1.62 bits per heavy atom. The summed E-state index contributed by atoms with van der Waals surface area (Å²) in [5.41, 5.74) is 4.47. The van der Waals surface area contributed by atoms with Crippen LogP contribution in [0.1, 0.15) is 44.4 Å². The van der Waals surface area contributed by atoms with Gasteiger partial charge in [0.25, 0.3) is 5.91 Å². The average Bonchev–Trinajstić information content (AvgIpc) is 3.27. The molecule has 6 nitrogen and oxygen atoms in total. The van der Waals surface area contributed by atoms with Gasteiger partial charge in [0.15, 0.2) is 5.43 Å². The molecule has 0 saturated heterocycles. The third-order valence-corrected chi connectivity index (χ3v) is 7.34. The smallest absolute Gasteiger partial charge is 0.290 e. The number of nitrogens with zero attached hydrogens (tertiary/aromatic N) is 1. The van der Waals surface area contributed by atoms with Gasteiger partial charge in [-0.05, 0) is 66.4 Å². The van der Waals surface area contributed by atoms with Gasteiger partial charge in [0, 0.05) is 6.54 Å². The van der Waals surface area contributed by atoms with Crippen molar-refractivity contribution in [3.05, 3.63) is 141 Å². The largest absolute Gasteiger partial charge is 0.497 e. The van der Waals surface area contributed by atoms with Crippen molar-refractivity contribution in [1.29, 1.82) is 0 Å². The van der Waals surface area contributed by atoms with Gasteiger partial charge >= 0.3 is 0 Å². The first-order valence-corrected chi connectivity index (χ1v) is 13.3. The van der Waals surface area contributed by atoms with Crippen LogP contribution in [0.4, 0.5) is 0 Å². The standard InChI is InChI=1S/C34H29NO5/c1-22-11-16-29-28(19-22)32(36)30-31(25-9-6-10-27(20-25)39-21-24-7-4-3-5-8-24)35(34(37)33(30)40-29)18-17-23-12-14-26(38-2)15-13-23/h3-16,19-20,31H,17-18,21H2,1-2H3. The molecular formula is C34H29NO5. The predicted molar refractivity (Wildman–Crippen MR) is 154 cm³/mol. The van der Waals surface area contributed by atoms with E-state index in [0.29, 0.717) is 41.9 Å². The predicted octanol–water partition coefficient (Wildman–Crippen LogP) is 6.48. The first-order valence-electron chi connectivity index (χ1n) is 13.3. The van der Waals surface area contributed by atoms with Crippen LogP contribution >= 0.6 is 0 Å². The minimum Gasteiger partial charge on any atom is -0.497 e. The lowest BCUT2D eigenvalue weighted by Crippen LogP contribution is -2.31. The van der Waals surface area contributed by atoms with Gasteiger partial charge in [-0.1, -0.05) is 66.2 Å². The SMILES string of the molecule is COc1ccc(CCN2C(=O)c3oc4ccc(C)cc4c(=O)c3C2c2cccc(OCc3ccccc3)c2)cc1. The number of benzene rings is 4. The highest BCUT2D eigenvalue weighted by Crippen LogP contribution is 2.39. The summed E-state index contributed by atoms with van der Waals surface area (Å²) in [4.78, 5) is 29.4. The second kappa shape index (κ2) is 10.7. The van der Waals surface area contributed by atoms with Gasteiger partial charge in [-0.3, -0.25) is 9.59 Å². The third-order valence-electron chi connectivity index (χ3n) is 7.34. The molecule has 0 aliphatic carbocycles. The van der Waals surface area contributed by atoms with Crippen molar-refractivity contribution in [1.82, 2.24) is 4.90 Å². The van der Waals surface area contributed by atoms with E-state index in [1.165, 1.54) is 0 Å². The summed E-state index contributed by atoms with van der Waals surface area (Å²) in [6, 6.07) is 30.2. The first kappa shape index (κ1) is 25.4. The molecule has 1 aromatic heterocycles. The van der Waals surface area contributed by atoms with Gasteiger partial charge in [0.2, 0.25) is 5.76 Å². The Morgan fingerprint density at radius 3 is 2.40 bits per heavy atom. The number of carbonyl (C=O) groups excluding carboxylic acids is 1. The molecule has 1 unspecified atom stereocenters. The van der Waals surface area contributed by atoms with Crippen LogP contribution in [0.25, 0.3) is 11.0 Å². The molecule has 1 aliphatic heterocycles. The van der Waals surface area contributed by atoms with Gasteiger partial charge in [0.1, 0.15) is 23.7 Å². The zero-order valence-corrected chi connectivity index (χ0v) is 22.4. The van der Waals surface area contributed by atoms with Crippen molar-refractivity contribution in [2.45, 2.75) is 26.0 Å². The van der Waals surface area contributed by atoms with Crippen LogP contribution in [0.5, 0.6) is 11.5 Å². The quantitative estimate of drug-likeness (QED) is 0.229. The molecule has 6 rings (SSSR count). The van der Waals surface area contributed by atoms with Crippen molar-refractivity contribution in [3.63, 3.8) is 0 Å². The van der Waals surface area contributed by atoms with E-state index in [2.05, 4.69) is 0 Å². The molecule has 1 atom stereocenters. The molecular weight excluding hydrogens is 502 g/mol. The fourth-order valence-corrected chi connectivity index (χ4v) is 5.27. The highest BCUT2D eigenvalue weighted by Gasteiger charge is 2.42. The lowest BCUT2D eigenvalue weighted by Gasteiger charge is -2.25. The van der Waals surface area contributed by atoms with E-state index in [1.54, 1.807) is 18.1 Å². The molecule has 200 valence electrons. The molecule has 1 aliphatic rings. The lowest BCUT2D eigenvalue weighted by molar-refractivity contribution is 0.0729. The van der Waals surface area contributed by atoms with Crippen molar-refractivity contribution >= 4 is 16.9 Å². The average molecular weight is 532 g/mol. The van der Waals surface area contributed by atoms with Crippen LogP contribution in [0.2, 0.25) is 0 Å². The second-order valence-electron chi connectivity index (χ2n) is 10.0. The summed E-state index contributed by atoms with van der Waals surface area (Å²) in [5, 5.41) is 0.477. The van der Waals surface area contributed by atoms with Crippen LogP contribution in [0.3, 0.4) is 0 Å². The number of aryl methyl sites for hydroxylation is 1. The van der Waals surface area contributed by atoms with Gasteiger partial charge in [-0.15, -0.1) is 0 Å². The summed E-state index contributed by atoms with van der Waals surface area (Å²) < 4.78 is 17.5. The molecule has 5 aromatic rings. The van der Waals surface area contributed by atoms with Crippen molar-refractivity contribution < 1.29 is 18.7 Å². The summed E-state index contributed by atoms with van der Waals surface area (Å²) in [6.07, 6.45) is 0.608. The van der Waals surface area contributed by atoms with E-state index >= 15 is 0 Å². The van der Waals surface area contributed by atoms with Gasteiger partial charge < -0.3 is 18.8 Å². The highest BCUT2D eigenvalue weighted by molar-refractivity contribution is 5.99. The lowest BCUT2D eigenvalue weighted by atomic mass is 9.97. The van der Waals surface area contributed by atoms with E-state index in [0.717, 1.165) is 28.0 Å². The summed E-state index contributed by atoms with van der Waals surface area (Å²) >= 11 is 0. The first-order chi connectivity index (χ1) is 19.5. The summed E-state index contributed by atoms with van der Waals surface area (Å²) in [7, 11) is 1.63. The minimum absolute atomic E-state index is 0.108. The Balaban J connectivity index is 1.39. The fraction of sp³-hybridized carbons (Fsp3) is 0.176. The van der Waals surface area contributed by atoms with Crippen molar-refractivity contribution in [2.75, 3.05) is 13.7 Å². The molecule has 0 bridgehead atoms. The molecule has 1 amide bonds. The van der Waals surface area contributed by atoms with Crippen molar-refractivity contribution in [3.8, 4) is 11.5 Å². The fourth-order valence-electron chi connectivity index (χ4n) is 5.27. The number of methoxy groups -OCH3 is 1. The summed E-state index contributed by atoms with van der Waals surface area (Å²) in [6.45, 7) is 2.76. The topological polar surface area (TPSA) is 69.0 Å². The monoisotopic (exact) mass is 531 g/mol. The van der Waals surface area contributed by atoms with E-state index in [9.17, 15) is 9.59 Å². The Kier molecular flexibility index (Phi) is 6.83. The van der Waals surface area contributed by atoms with E-state index in [1.807, 2.05) is 97.9 Å².